The minimum absolute atomic E-state index is 0.000581. The fraction of sp³-hybridized carbons (Fsp3) is 0.773. The molecule has 34 heavy (non-hydrogen) atoms. The van der Waals surface area contributed by atoms with Crippen LogP contribution in [-0.2, 0) is 21.1 Å². The van der Waals surface area contributed by atoms with Gasteiger partial charge in [-0.25, -0.2) is 9.46 Å². The van der Waals surface area contributed by atoms with Gasteiger partial charge < -0.3 is 19.1 Å². The van der Waals surface area contributed by atoms with Gasteiger partial charge in [0.1, 0.15) is 0 Å². The third kappa shape index (κ3) is 6.79. The van der Waals surface area contributed by atoms with E-state index in [2.05, 4.69) is 40.2 Å². The average Bonchev–Trinajstić information content (AvgIpc) is 2.96. The molecule has 0 saturated carbocycles. The molecule has 3 heterocycles. The van der Waals surface area contributed by atoms with Gasteiger partial charge in [-0.2, -0.15) is 4.76 Å². The van der Waals surface area contributed by atoms with Crippen molar-refractivity contribution in [3.63, 3.8) is 0 Å². The average molecular weight is 515 g/mol. The van der Waals surface area contributed by atoms with Crippen molar-refractivity contribution in [1.29, 1.82) is 0 Å². The van der Waals surface area contributed by atoms with Crippen LogP contribution in [-0.4, -0.2) is 82.0 Å². The van der Waals surface area contributed by atoms with Crippen molar-refractivity contribution in [3.8, 4) is 0 Å². The summed E-state index contributed by atoms with van der Waals surface area (Å²) in [6.45, 7) is 12.1. The number of hydrogen-bond acceptors (Lipinski definition) is 5. The van der Waals surface area contributed by atoms with Gasteiger partial charge in [0.15, 0.2) is 6.23 Å². The van der Waals surface area contributed by atoms with Crippen molar-refractivity contribution in [2.45, 2.75) is 65.9 Å². The van der Waals surface area contributed by atoms with Crippen LogP contribution in [0.1, 0.15) is 54.2 Å². The van der Waals surface area contributed by atoms with Crippen LogP contribution >= 0.6 is 6.57 Å². The van der Waals surface area contributed by atoms with Crippen molar-refractivity contribution < 1.29 is 9.26 Å². The second kappa shape index (κ2) is 9.85. The maximum atomic E-state index is 12.6. The quantitative estimate of drug-likeness (QED) is 0.599. The minimum Gasteiger partial charge on any atom is -0.352 e. The number of ether oxygens (including phenoxy) is 1. The Morgan fingerprint density at radius 2 is 1.76 bits per heavy atom. The van der Waals surface area contributed by atoms with Crippen LogP contribution in [0.5, 0.6) is 0 Å². The first-order chi connectivity index (χ1) is 15.6. The Bertz CT molecular complexity index is 1060. The smallest absolute Gasteiger partial charge is 0.330 e. The molecule has 0 amide bonds. The number of nitrogens with one attached hydrogen (secondary N) is 1. The summed E-state index contributed by atoms with van der Waals surface area (Å²) >= 11 is 6.24. The predicted molar refractivity (Wildman–Crippen MR) is 139 cm³/mol. The topological polar surface area (TPSA) is 95.4 Å². The number of hydrogen-bond donors (Lipinski definition) is 1. The first-order valence-corrected chi connectivity index (χ1v) is 14.2. The molecule has 0 aromatic carbocycles. The Morgan fingerprint density at radius 3 is 2.29 bits per heavy atom. The molecular formula is C22H39N6O4PS. The van der Waals surface area contributed by atoms with Gasteiger partial charge in [-0.05, 0) is 44.4 Å². The summed E-state index contributed by atoms with van der Waals surface area (Å²) in [6.07, 6.45) is 1.42. The van der Waals surface area contributed by atoms with Crippen LogP contribution in [0.15, 0.2) is 26.6 Å². The Hall–Kier alpha value is -1.52. The second-order valence-electron chi connectivity index (χ2n) is 11.3. The highest BCUT2D eigenvalue weighted by Crippen LogP contribution is 2.58. The highest BCUT2D eigenvalue weighted by atomic mass is 32.4. The van der Waals surface area contributed by atoms with Crippen LogP contribution in [0.4, 0.5) is 0 Å². The molecule has 0 bridgehead atoms. The van der Waals surface area contributed by atoms with Crippen LogP contribution < -0.4 is 11.2 Å². The Kier molecular flexibility index (Phi) is 7.85. The fourth-order valence-corrected chi connectivity index (χ4v) is 7.72. The number of aromatic amines is 1. The lowest BCUT2D eigenvalue weighted by Gasteiger charge is -2.44. The van der Waals surface area contributed by atoms with E-state index in [4.69, 9.17) is 25.8 Å². The van der Waals surface area contributed by atoms with Crippen LogP contribution in [0, 0.1) is 5.41 Å². The molecule has 0 radical (unpaired) electrons. The highest BCUT2D eigenvalue weighted by Gasteiger charge is 2.41. The SMILES string of the molecule is CN1CCN(C)C1=NP(=S)(OC(C)(C)C)N1C[C@@H](CC(C)(C)C)O[C@@H](n2ccc(=O)[nH]c2=O)C1. The van der Waals surface area contributed by atoms with Gasteiger partial charge in [-0.3, -0.25) is 14.3 Å². The van der Waals surface area contributed by atoms with Crippen LogP contribution in [0.25, 0.3) is 0 Å². The molecule has 192 valence electrons. The summed E-state index contributed by atoms with van der Waals surface area (Å²) in [4.78, 5) is 30.7. The lowest BCUT2D eigenvalue weighted by Crippen LogP contribution is -2.48. The molecular weight excluding hydrogens is 475 g/mol. The molecule has 2 aliphatic rings. The summed E-state index contributed by atoms with van der Waals surface area (Å²) in [5, 5.41) is 0. The number of H-pyrrole nitrogens is 1. The summed E-state index contributed by atoms with van der Waals surface area (Å²) in [5.41, 5.74) is -1.47. The van der Waals surface area contributed by atoms with Crippen molar-refractivity contribution in [1.82, 2.24) is 24.0 Å². The maximum Gasteiger partial charge on any atom is 0.330 e. The lowest BCUT2D eigenvalue weighted by molar-refractivity contribution is -0.116. The third-order valence-corrected chi connectivity index (χ3v) is 8.97. The third-order valence-electron chi connectivity index (χ3n) is 5.55. The van der Waals surface area contributed by atoms with Crippen LogP contribution in [0.2, 0.25) is 0 Å². The van der Waals surface area contributed by atoms with Gasteiger partial charge in [0.2, 0.25) is 5.96 Å². The number of aromatic nitrogens is 2. The fourth-order valence-electron chi connectivity index (χ4n) is 4.16. The molecule has 1 unspecified atom stereocenters. The molecule has 3 rings (SSSR count). The highest BCUT2D eigenvalue weighted by molar-refractivity contribution is 8.10. The maximum absolute atomic E-state index is 12.6. The van der Waals surface area contributed by atoms with Crippen molar-refractivity contribution in [2.75, 3.05) is 40.3 Å². The molecule has 0 spiro atoms. The molecule has 1 aromatic rings. The largest absolute Gasteiger partial charge is 0.352 e. The first kappa shape index (κ1) is 27.1. The van der Waals surface area contributed by atoms with E-state index < -0.39 is 29.6 Å². The Labute approximate surface area is 207 Å². The van der Waals surface area contributed by atoms with Gasteiger partial charge in [0.05, 0.1) is 18.2 Å². The van der Waals surface area contributed by atoms with Crippen molar-refractivity contribution in [3.05, 3.63) is 33.1 Å². The van der Waals surface area contributed by atoms with E-state index >= 15 is 0 Å². The lowest BCUT2D eigenvalue weighted by atomic mass is 9.89. The van der Waals surface area contributed by atoms with Gasteiger partial charge >= 0.3 is 5.69 Å². The zero-order chi connectivity index (χ0) is 25.5. The number of morpholine rings is 1. The van der Waals surface area contributed by atoms with Gasteiger partial charge in [-0.1, -0.05) is 20.8 Å². The standard InChI is InChI=1S/C22H39N6O4PS/c1-21(2,3)13-16-14-27(15-18(31-16)28-10-9-17(29)23-20(28)30)33(34,32-22(4,5)6)24-19-25(7)11-12-26(19)8/h9-10,16,18H,11-15H2,1-8H3,(H,23,29,30)/t16-,18-,33?/m1/s1. The number of likely N-dealkylation sites (N-methyl/N-ethyl adjacent to an activating group) is 2. The number of rotatable bonds is 5. The zero-order valence-electron chi connectivity index (χ0n) is 21.6. The molecule has 1 aromatic heterocycles. The minimum atomic E-state index is -2.92. The van der Waals surface area contributed by atoms with E-state index in [9.17, 15) is 9.59 Å². The Balaban J connectivity index is 2.06. The summed E-state index contributed by atoms with van der Waals surface area (Å²) in [6, 6.07) is 1.33. The van der Waals surface area contributed by atoms with Crippen molar-refractivity contribution in [2.24, 2.45) is 10.2 Å². The van der Waals surface area contributed by atoms with E-state index in [1.165, 1.54) is 16.8 Å². The molecule has 0 aliphatic carbocycles. The molecule has 10 nitrogen and oxygen atoms in total. The van der Waals surface area contributed by atoms with Gasteiger partial charge in [0, 0.05) is 46.0 Å². The van der Waals surface area contributed by atoms with E-state index in [0.29, 0.717) is 13.1 Å². The molecule has 3 atom stereocenters. The molecule has 1 N–H and O–H groups in total. The second-order valence-corrected chi connectivity index (χ2v) is 14.7. The van der Waals surface area contributed by atoms with Gasteiger partial charge in [0.25, 0.3) is 12.1 Å². The summed E-state index contributed by atoms with van der Waals surface area (Å²) < 4.78 is 21.5. The first-order valence-electron chi connectivity index (χ1n) is 11.6. The van der Waals surface area contributed by atoms with Crippen LogP contribution in [0.3, 0.4) is 0 Å². The summed E-state index contributed by atoms with van der Waals surface area (Å²) in [7, 11) is 4.01. The van der Waals surface area contributed by atoms with Gasteiger partial charge in [-0.15, -0.1) is 0 Å². The van der Waals surface area contributed by atoms with Crippen molar-refractivity contribution >= 4 is 24.3 Å². The molecule has 2 aliphatic heterocycles. The molecule has 2 saturated heterocycles. The number of guanidine groups is 1. The van der Waals surface area contributed by atoms with E-state index in [0.717, 1.165) is 25.5 Å². The Morgan fingerprint density at radius 1 is 1.15 bits per heavy atom. The monoisotopic (exact) mass is 514 g/mol. The predicted octanol–water partition coefficient (Wildman–Crippen LogP) is 2.45. The number of nitrogens with zero attached hydrogens (tertiary/aromatic N) is 5. The van der Waals surface area contributed by atoms with E-state index in [1.807, 2.05) is 34.9 Å². The summed E-state index contributed by atoms with van der Waals surface area (Å²) in [5.74, 6) is 0.809. The van der Waals surface area contributed by atoms with E-state index in [-0.39, 0.29) is 11.5 Å². The normalized spacial score (nSPS) is 24.4. The molecule has 2 fully saturated rings. The molecule has 12 heteroatoms. The van der Waals surface area contributed by atoms with E-state index in [1.54, 1.807) is 0 Å². The zero-order valence-corrected chi connectivity index (χ0v) is 23.3.